The van der Waals surface area contributed by atoms with Crippen LogP contribution in [-0.4, -0.2) is 17.1 Å². The highest BCUT2D eigenvalue weighted by molar-refractivity contribution is 6.37. The van der Waals surface area contributed by atoms with Crippen molar-refractivity contribution in [2.75, 3.05) is 12.4 Å². The van der Waals surface area contributed by atoms with Crippen LogP contribution in [0, 0.1) is 5.82 Å². The number of anilines is 2. The number of nitrogens with zero attached hydrogens (tertiary/aromatic N) is 2. The molecule has 0 atom stereocenters. The van der Waals surface area contributed by atoms with E-state index in [1.165, 1.54) is 19.2 Å². The van der Waals surface area contributed by atoms with Crippen molar-refractivity contribution in [1.29, 1.82) is 0 Å². The maximum absolute atomic E-state index is 13.5. The fourth-order valence-electron chi connectivity index (χ4n) is 1.40. The van der Waals surface area contributed by atoms with Gasteiger partial charge < -0.3 is 10.1 Å². The number of hydrogen-bond acceptors (Lipinski definition) is 4. The van der Waals surface area contributed by atoms with E-state index >= 15 is 0 Å². The summed E-state index contributed by atoms with van der Waals surface area (Å²) in [5, 5.41) is 3.22. The molecule has 0 saturated heterocycles. The van der Waals surface area contributed by atoms with E-state index < -0.39 is 5.82 Å². The lowest BCUT2D eigenvalue weighted by Crippen LogP contribution is -1.99. The van der Waals surface area contributed by atoms with Crippen molar-refractivity contribution in [2.45, 2.75) is 0 Å². The third-order valence-corrected chi connectivity index (χ3v) is 2.92. The van der Waals surface area contributed by atoms with Crippen molar-refractivity contribution >= 4 is 46.3 Å². The Bertz CT molecular complexity index is 601. The molecule has 0 amide bonds. The zero-order valence-electron chi connectivity index (χ0n) is 9.55. The fraction of sp³-hybridized carbons (Fsp3) is 0.0909. The Morgan fingerprint density at radius 1 is 1.21 bits per heavy atom. The molecule has 2 rings (SSSR count). The molecule has 0 saturated carbocycles. The minimum absolute atomic E-state index is 0.0719. The predicted octanol–water partition coefficient (Wildman–Crippen LogP) is 4.33. The van der Waals surface area contributed by atoms with Gasteiger partial charge in [0.05, 0.1) is 23.4 Å². The average Bonchev–Trinajstić information content (AvgIpc) is 2.33. The SMILES string of the molecule is COc1c(Cl)cc(Nc2nc(Cl)ncc2F)cc1Cl. The van der Waals surface area contributed by atoms with Crippen LogP contribution in [0.1, 0.15) is 0 Å². The van der Waals surface area contributed by atoms with E-state index in [2.05, 4.69) is 15.3 Å². The van der Waals surface area contributed by atoms with Gasteiger partial charge in [-0.15, -0.1) is 0 Å². The summed E-state index contributed by atoms with van der Waals surface area (Å²) in [5.74, 6) is -0.375. The average molecular weight is 323 g/mol. The number of hydrogen-bond donors (Lipinski definition) is 1. The largest absolute Gasteiger partial charge is 0.494 e. The zero-order chi connectivity index (χ0) is 14.0. The van der Waals surface area contributed by atoms with Crippen molar-refractivity contribution in [1.82, 2.24) is 9.97 Å². The second-order valence-corrected chi connectivity index (χ2v) is 4.59. The molecule has 0 aliphatic heterocycles. The second-order valence-electron chi connectivity index (χ2n) is 3.43. The summed E-state index contributed by atoms with van der Waals surface area (Å²) in [6, 6.07) is 3.06. The number of ether oxygens (including phenoxy) is 1. The van der Waals surface area contributed by atoms with Gasteiger partial charge >= 0.3 is 0 Å². The molecule has 2 aromatic rings. The third-order valence-electron chi connectivity index (χ3n) is 2.18. The Balaban J connectivity index is 2.36. The molecule has 0 aliphatic rings. The molecule has 0 aliphatic carbocycles. The van der Waals surface area contributed by atoms with E-state index in [-0.39, 0.29) is 21.1 Å². The number of aromatic nitrogens is 2. The van der Waals surface area contributed by atoms with Crippen LogP contribution in [0.5, 0.6) is 5.75 Å². The molecule has 0 bridgehead atoms. The topological polar surface area (TPSA) is 47.0 Å². The van der Waals surface area contributed by atoms with Gasteiger partial charge in [-0.3, -0.25) is 0 Å². The summed E-state index contributed by atoms with van der Waals surface area (Å²) in [6.45, 7) is 0. The smallest absolute Gasteiger partial charge is 0.224 e. The maximum atomic E-state index is 13.5. The van der Waals surface area contributed by atoms with E-state index in [1.54, 1.807) is 0 Å². The molecule has 19 heavy (non-hydrogen) atoms. The monoisotopic (exact) mass is 321 g/mol. The minimum Gasteiger partial charge on any atom is -0.494 e. The lowest BCUT2D eigenvalue weighted by molar-refractivity contribution is 0.415. The van der Waals surface area contributed by atoms with Gasteiger partial charge in [-0.2, -0.15) is 4.98 Å². The molecule has 0 unspecified atom stereocenters. The van der Waals surface area contributed by atoms with E-state index in [0.717, 1.165) is 6.20 Å². The molecule has 8 heteroatoms. The van der Waals surface area contributed by atoms with Crippen molar-refractivity contribution in [3.05, 3.63) is 39.5 Å². The highest BCUT2D eigenvalue weighted by Crippen LogP contribution is 2.36. The lowest BCUT2D eigenvalue weighted by atomic mass is 10.3. The lowest BCUT2D eigenvalue weighted by Gasteiger charge is -2.10. The number of benzene rings is 1. The molecule has 1 aromatic carbocycles. The molecule has 0 spiro atoms. The van der Waals surface area contributed by atoms with Crippen LogP contribution >= 0.6 is 34.8 Å². The highest BCUT2D eigenvalue weighted by Gasteiger charge is 2.11. The first-order valence-electron chi connectivity index (χ1n) is 4.99. The van der Waals surface area contributed by atoms with Gasteiger partial charge in [0.15, 0.2) is 17.4 Å². The van der Waals surface area contributed by atoms with Crippen molar-refractivity contribution in [3.63, 3.8) is 0 Å². The van der Waals surface area contributed by atoms with Gasteiger partial charge in [0.1, 0.15) is 0 Å². The van der Waals surface area contributed by atoms with Crippen LogP contribution in [0.15, 0.2) is 18.3 Å². The Kier molecular flexibility index (Phi) is 4.29. The first-order valence-corrected chi connectivity index (χ1v) is 6.12. The Morgan fingerprint density at radius 3 is 2.42 bits per heavy atom. The molecular weight excluding hydrogens is 315 g/mol. The van der Waals surface area contributed by atoms with Gasteiger partial charge in [0.2, 0.25) is 5.28 Å². The summed E-state index contributed by atoms with van der Waals surface area (Å²) in [5.41, 5.74) is 0.449. The Hall–Kier alpha value is -1.30. The Morgan fingerprint density at radius 2 is 1.84 bits per heavy atom. The van der Waals surface area contributed by atoms with E-state index in [9.17, 15) is 4.39 Å². The van der Waals surface area contributed by atoms with Gasteiger partial charge in [0, 0.05) is 5.69 Å². The maximum Gasteiger partial charge on any atom is 0.224 e. The first kappa shape index (κ1) is 14.1. The Labute approximate surface area is 123 Å². The van der Waals surface area contributed by atoms with Crippen molar-refractivity contribution < 1.29 is 9.13 Å². The molecule has 1 N–H and O–H groups in total. The molecule has 0 fully saturated rings. The summed E-state index contributed by atoms with van der Waals surface area (Å²) >= 11 is 17.5. The van der Waals surface area contributed by atoms with Crippen molar-refractivity contribution in [3.8, 4) is 5.75 Å². The highest BCUT2D eigenvalue weighted by atomic mass is 35.5. The molecule has 4 nitrogen and oxygen atoms in total. The van der Waals surface area contributed by atoms with Gasteiger partial charge in [0.25, 0.3) is 0 Å². The quantitative estimate of drug-likeness (QED) is 0.855. The van der Waals surface area contributed by atoms with Gasteiger partial charge in [-0.05, 0) is 23.7 Å². The summed E-state index contributed by atoms with van der Waals surface area (Å²) in [7, 11) is 1.45. The first-order chi connectivity index (χ1) is 9.01. The van der Waals surface area contributed by atoms with Crippen LogP contribution in [0.4, 0.5) is 15.9 Å². The standard InChI is InChI=1S/C11H7Cl3FN3O/c1-19-9-6(12)2-5(3-7(9)13)17-10-8(15)4-16-11(14)18-10/h2-4H,1H3,(H,16,17,18). The third kappa shape index (κ3) is 3.18. The number of halogens is 4. The molecule has 0 radical (unpaired) electrons. The number of nitrogens with one attached hydrogen (secondary N) is 1. The predicted molar refractivity (Wildman–Crippen MR) is 73.3 cm³/mol. The van der Waals surface area contributed by atoms with E-state index in [4.69, 9.17) is 39.5 Å². The number of methoxy groups -OCH3 is 1. The van der Waals surface area contributed by atoms with Crippen LogP contribution in [0.25, 0.3) is 0 Å². The summed E-state index contributed by atoms with van der Waals surface area (Å²) < 4.78 is 18.5. The van der Waals surface area contributed by atoms with E-state index in [0.29, 0.717) is 11.4 Å². The normalized spacial score (nSPS) is 10.4. The molecule has 1 aromatic heterocycles. The van der Waals surface area contributed by atoms with Gasteiger partial charge in [-0.1, -0.05) is 23.2 Å². The summed E-state index contributed by atoms with van der Waals surface area (Å²) in [4.78, 5) is 7.23. The van der Waals surface area contributed by atoms with Crippen LogP contribution in [-0.2, 0) is 0 Å². The van der Waals surface area contributed by atoms with Crippen LogP contribution < -0.4 is 10.1 Å². The van der Waals surface area contributed by atoms with Gasteiger partial charge in [-0.25, -0.2) is 9.37 Å². The summed E-state index contributed by atoms with van der Waals surface area (Å²) in [6.07, 6.45) is 0.963. The molecule has 1 heterocycles. The number of rotatable bonds is 3. The van der Waals surface area contributed by atoms with Crippen LogP contribution in [0.2, 0.25) is 15.3 Å². The van der Waals surface area contributed by atoms with Crippen LogP contribution in [0.3, 0.4) is 0 Å². The minimum atomic E-state index is -0.646. The zero-order valence-corrected chi connectivity index (χ0v) is 11.8. The van der Waals surface area contributed by atoms with Crippen molar-refractivity contribution in [2.24, 2.45) is 0 Å². The molecular formula is C11H7Cl3FN3O. The molecule has 100 valence electrons. The fourth-order valence-corrected chi connectivity index (χ4v) is 2.17. The second kappa shape index (κ2) is 5.77. The van der Waals surface area contributed by atoms with E-state index in [1.807, 2.05) is 0 Å².